The molecule has 5 rings (SSSR count). The predicted octanol–water partition coefficient (Wildman–Crippen LogP) is 5.62. The van der Waals surface area contributed by atoms with E-state index in [2.05, 4.69) is 41.6 Å². The number of carbonyl (C=O) groups excluding carboxylic acids is 1. The first-order valence-electron chi connectivity index (χ1n) is 10.9. The minimum atomic E-state index is 0.125. The first-order valence-corrected chi connectivity index (χ1v) is 11.9. The molecule has 0 spiro atoms. The molecular weight excluding hydrogens is 420 g/mol. The zero-order valence-electron chi connectivity index (χ0n) is 18.5. The lowest BCUT2D eigenvalue weighted by atomic mass is 10.1. The van der Waals surface area contributed by atoms with Crippen molar-refractivity contribution in [1.29, 1.82) is 0 Å². The SMILES string of the molecule is Cc1ccccc1-c1nnc(SCC(=O)c2cc(C)n(C3CC3)c2C)n1Cc1ccco1. The summed E-state index contributed by atoms with van der Waals surface area (Å²) in [5, 5.41) is 9.63. The molecular formula is C25H26N4O2S. The van der Waals surface area contributed by atoms with Gasteiger partial charge in [0, 0.05) is 28.6 Å². The molecule has 6 nitrogen and oxygen atoms in total. The van der Waals surface area contributed by atoms with Crippen molar-refractivity contribution in [3.63, 3.8) is 0 Å². The third kappa shape index (κ3) is 3.93. The molecule has 0 atom stereocenters. The van der Waals surface area contributed by atoms with Crippen LogP contribution >= 0.6 is 11.8 Å². The molecule has 3 heterocycles. The number of aryl methyl sites for hydroxylation is 2. The van der Waals surface area contributed by atoms with Crippen LogP contribution in [0, 0.1) is 20.8 Å². The van der Waals surface area contributed by atoms with Crippen LogP contribution in [-0.4, -0.2) is 30.9 Å². The summed E-state index contributed by atoms with van der Waals surface area (Å²) in [6, 6.07) is 14.5. The van der Waals surface area contributed by atoms with Crippen LogP contribution in [0.5, 0.6) is 0 Å². The number of benzene rings is 1. The second-order valence-electron chi connectivity index (χ2n) is 8.38. The third-order valence-corrected chi connectivity index (χ3v) is 6.99. The van der Waals surface area contributed by atoms with Crippen molar-refractivity contribution >= 4 is 17.5 Å². The molecule has 164 valence electrons. The van der Waals surface area contributed by atoms with Gasteiger partial charge in [0.1, 0.15) is 5.76 Å². The van der Waals surface area contributed by atoms with E-state index in [9.17, 15) is 4.79 Å². The maximum absolute atomic E-state index is 13.1. The normalized spacial score (nSPS) is 13.6. The minimum Gasteiger partial charge on any atom is -0.467 e. The van der Waals surface area contributed by atoms with Gasteiger partial charge in [0.05, 0.1) is 18.6 Å². The summed E-state index contributed by atoms with van der Waals surface area (Å²) in [5.74, 6) is 2.04. The molecule has 0 N–H and O–H groups in total. The Bertz CT molecular complexity index is 1270. The van der Waals surface area contributed by atoms with Gasteiger partial charge in [-0.25, -0.2) is 0 Å². The summed E-state index contributed by atoms with van der Waals surface area (Å²) in [4.78, 5) is 13.1. The van der Waals surface area contributed by atoms with Crippen molar-refractivity contribution in [3.05, 3.63) is 77.0 Å². The topological polar surface area (TPSA) is 65.8 Å². The van der Waals surface area contributed by atoms with Gasteiger partial charge in [-0.05, 0) is 57.4 Å². The van der Waals surface area contributed by atoms with Gasteiger partial charge >= 0.3 is 0 Å². The van der Waals surface area contributed by atoms with Crippen LogP contribution in [0.15, 0.2) is 58.3 Å². The number of Topliss-reactive ketones (excluding diaryl/α,β-unsaturated/α-hetero) is 1. The summed E-state index contributed by atoms with van der Waals surface area (Å²) < 4.78 is 9.93. The van der Waals surface area contributed by atoms with Crippen molar-refractivity contribution in [1.82, 2.24) is 19.3 Å². The highest BCUT2D eigenvalue weighted by Gasteiger charge is 2.28. The van der Waals surface area contributed by atoms with Gasteiger partial charge in [-0.1, -0.05) is 36.0 Å². The molecule has 0 amide bonds. The third-order valence-electron chi connectivity index (χ3n) is 6.03. The van der Waals surface area contributed by atoms with Crippen LogP contribution in [0.4, 0.5) is 0 Å². The summed E-state index contributed by atoms with van der Waals surface area (Å²) in [6.07, 6.45) is 4.08. The molecule has 4 aromatic rings. The van der Waals surface area contributed by atoms with Crippen LogP contribution in [0.2, 0.25) is 0 Å². The van der Waals surface area contributed by atoms with Crippen molar-refractivity contribution in [2.75, 3.05) is 5.75 Å². The first-order chi connectivity index (χ1) is 15.5. The first kappa shape index (κ1) is 20.8. The molecule has 32 heavy (non-hydrogen) atoms. The van der Waals surface area contributed by atoms with Gasteiger partial charge < -0.3 is 8.98 Å². The molecule has 3 aromatic heterocycles. The lowest BCUT2D eigenvalue weighted by Crippen LogP contribution is -2.08. The molecule has 1 aromatic carbocycles. The van der Waals surface area contributed by atoms with Crippen molar-refractivity contribution in [2.45, 2.75) is 51.4 Å². The summed E-state index contributed by atoms with van der Waals surface area (Å²) in [7, 11) is 0. The van der Waals surface area contributed by atoms with E-state index >= 15 is 0 Å². The Labute approximate surface area is 191 Å². The Morgan fingerprint density at radius 2 is 1.94 bits per heavy atom. The van der Waals surface area contributed by atoms with E-state index in [1.807, 2.05) is 41.0 Å². The quantitative estimate of drug-likeness (QED) is 0.259. The molecule has 1 saturated carbocycles. The molecule has 1 fully saturated rings. The van der Waals surface area contributed by atoms with E-state index in [0.717, 1.165) is 34.0 Å². The number of carbonyl (C=O) groups is 1. The Morgan fingerprint density at radius 3 is 2.66 bits per heavy atom. The van der Waals surface area contributed by atoms with Crippen LogP contribution in [-0.2, 0) is 6.54 Å². The summed E-state index contributed by atoms with van der Waals surface area (Å²) in [5.41, 5.74) is 5.21. The summed E-state index contributed by atoms with van der Waals surface area (Å²) >= 11 is 1.43. The lowest BCUT2D eigenvalue weighted by molar-refractivity contribution is 0.102. The summed E-state index contributed by atoms with van der Waals surface area (Å²) in [6.45, 7) is 6.71. The largest absolute Gasteiger partial charge is 0.467 e. The number of hydrogen-bond acceptors (Lipinski definition) is 5. The van der Waals surface area contributed by atoms with E-state index in [-0.39, 0.29) is 5.78 Å². The second kappa shape index (κ2) is 8.47. The average Bonchev–Trinajstić information content (AvgIpc) is 3.19. The van der Waals surface area contributed by atoms with Crippen molar-refractivity contribution in [3.8, 4) is 11.4 Å². The van der Waals surface area contributed by atoms with Gasteiger partial charge in [-0.3, -0.25) is 9.36 Å². The van der Waals surface area contributed by atoms with E-state index in [1.165, 1.54) is 30.3 Å². The zero-order chi connectivity index (χ0) is 22.2. The average molecular weight is 447 g/mol. The van der Waals surface area contributed by atoms with Crippen LogP contribution in [0.3, 0.4) is 0 Å². The highest BCUT2D eigenvalue weighted by Crippen LogP contribution is 2.38. The van der Waals surface area contributed by atoms with E-state index in [1.54, 1.807) is 6.26 Å². The molecule has 1 aliphatic carbocycles. The van der Waals surface area contributed by atoms with E-state index in [0.29, 0.717) is 23.5 Å². The number of furan rings is 1. The molecule has 0 radical (unpaired) electrons. The van der Waals surface area contributed by atoms with Gasteiger partial charge in [0.2, 0.25) is 0 Å². The standard InChI is InChI=1S/C25H26N4O2S/c1-16-7-4-5-9-21(16)24-26-27-25(28(24)14-20-8-6-12-31-20)32-15-23(30)22-13-17(2)29(18(22)3)19-10-11-19/h4-9,12-13,19H,10-11,14-15H2,1-3H3. The van der Waals surface area contributed by atoms with Gasteiger partial charge in [-0.15, -0.1) is 10.2 Å². The molecule has 1 aliphatic rings. The Hall–Kier alpha value is -3.06. The Balaban J connectivity index is 1.42. The molecule has 0 bridgehead atoms. The monoisotopic (exact) mass is 446 g/mol. The molecule has 0 aliphatic heterocycles. The van der Waals surface area contributed by atoms with Crippen LogP contribution in [0.1, 0.15) is 52.0 Å². The fourth-order valence-corrected chi connectivity index (χ4v) is 5.10. The fraction of sp³-hybridized carbons (Fsp3) is 0.320. The minimum absolute atomic E-state index is 0.125. The van der Waals surface area contributed by atoms with Crippen LogP contribution < -0.4 is 0 Å². The van der Waals surface area contributed by atoms with Gasteiger partial charge in [-0.2, -0.15) is 0 Å². The highest BCUT2D eigenvalue weighted by molar-refractivity contribution is 7.99. The predicted molar refractivity (Wildman–Crippen MR) is 125 cm³/mol. The lowest BCUT2D eigenvalue weighted by Gasteiger charge is -2.10. The van der Waals surface area contributed by atoms with Crippen molar-refractivity contribution in [2.24, 2.45) is 0 Å². The molecule has 7 heteroatoms. The second-order valence-corrected chi connectivity index (χ2v) is 9.33. The molecule has 0 saturated heterocycles. The number of ketones is 1. The highest BCUT2D eigenvalue weighted by atomic mass is 32.2. The number of thioether (sulfide) groups is 1. The molecule has 0 unspecified atom stereocenters. The van der Waals surface area contributed by atoms with E-state index in [4.69, 9.17) is 4.42 Å². The zero-order valence-corrected chi connectivity index (χ0v) is 19.4. The van der Waals surface area contributed by atoms with Crippen molar-refractivity contribution < 1.29 is 9.21 Å². The number of hydrogen-bond donors (Lipinski definition) is 0. The van der Waals surface area contributed by atoms with E-state index < -0.39 is 0 Å². The Kier molecular flexibility index (Phi) is 5.51. The van der Waals surface area contributed by atoms with Crippen LogP contribution in [0.25, 0.3) is 11.4 Å². The smallest absolute Gasteiger partial charge is 0.192 e. The maximum Gasteiger partial charge on any atom is 0.192 e. The van der Waals surface area contributed by atoms with Gasteiger partial charge in [0.25, 0.3) is 0 Å². The Morgan fingerprint density at radius 1 is 1.12 bits per heavy atom. The van der Waals surface area contributed by atoms with Gasteiger partial charge in [0.15, 0.2) is 16.8 Å². The number of nitrogens with zero attached hydrogens (tertiary/aromatic N) is 4. The fourth-order valence-electron chi connectivity index (χ4n) is 4.28. The number of rotatable bonds is 8. The maximum atomic E-state index is 13.1. The number of aromatic nitrogens is 4.